The van der Waals surface area contributed by atoms with Gasteiger partial charge in [-0.15, -0.1) is 11.8 Å². The van der Waals surface area contributed by atoms with Crippen LogP contribution in [0.3, 0.4) is 0 Å². The number of thioether (sulfide) groups is 1. The normalized spacial score (nSPS) is 13.9. The van der Waals surface area contributed by atoms with Crippen molar-refractivity contribution >= 4 is 23.4 Å². The molecule has 0 spiro atoms. The summed E-state index contributed by atoms with van der Waals surface area (Å²) in [6, 6.07) is 52.7. The molecule has 0 bridgehead atoms. The zero-order valence-corrected chi connectivity index (χ0v) is 31.7. The molecule has 0 radical (unpaired) electrons. The zero-order chi connectivity index (χ0) is 35.9. The van der Waals surface area contributed by atoms with Gasteiger partial charge in [0, 0.05) is 37.8 Å². The number of nitrogens with one attached hydrogen (secondary N) is 1. The number of piperidine rings is 1. The Kier molecular flexibility index (Phi) is 14.2. The minimum Gasteiger partial charge on any atom is -0.317 e. The zero-order valence-electron chi connectivity index (χ0n) is 30.8. The lowest BCUT2D eigenvalue weighted by Crippen LogP contribution is -2.47. The van der Waals surface area contributed by atoms with Gasteiger partial charge in [-0.2, -0.15) is 0 Å². The van der Waals surface area contributed by atoms with E-state index in [1.807, 2.05) is 36.9 Å². The number of para-hydroxylation sites is 1. The van der Waals surface area contributed by atoms with E-state index in [1.54, 1.807) is 0 Å². The molecule has 0 unspecified atom stereocenters. The van der Waals surface area contributed by atoms with Crippen molar-refractivity contribution in [3.05, 3.63) is 173 Å². The topological polar surface area (TPSA) is 35.6 Å². The third-order valence-electron chi connectivity index (χ3n) is 10.4. The highest BCUT2D eigenvalue weighted by Gasteiger charge is 2.36. The number of carbonyl (C=O) groups excluding carboxylic acids is 1. The standard InChI is InChI=1S/C47H55N3OS/c1-2-46(51)50(44-24-13-6-14-25-44)45-31-36-49(37-32-45)35-30-40-28-26-39(27-29-40)17-15-33-48-34-16-38-52-47(41-18-7-3-8-19-41,42-20-9-4-10-21-42)43-22-11-5-12-23-43/h3-14,18-29,45,48H,2,15-17,30-38H2,1H3. The van der Waals surface area contributed by atoms with E-state index in [2.05, 4.69) is 143 Å². The number of anilines is 1. The SMILES string of the molecule is CCC(=O)N(c1ccccc1)C1CCN(CCc2ccc(CCCNCCCSC(c3ccccc3)(c3ccccc3)c3ccccc3)cc2)CC1. The van der Waals surface area contributed by atoms with Crippen molar-refractivity contribution in [2.75, 3.05) is 43.4 Å². The summed E-state index contributed by atoms with van der Waals surface area (Å²) in [4.78, 5) is 17.5. The fraction of sp³-hybridized carbons (Fsp3) is 0.340. The number of hydrogen-bond acceptors (Lipinski definition) is 4. The van der Waals surface area contributed by atoms with Gasteiger partial charge >= 0.3 is 0 Å². The van der Waals surface area contributed by atoms with E-state index in [-0.39, 0.29) is 16.7 Å². The number of carbonyl (C=O) groups is 1. The fourth-order valence-electron chi connectivity index (χ4n) is 7.61. The van der Waals surface area contributed by atoms with Gasteiger partial charge in [-0.3, -0.25) is 4.79 Å². The summed E-state index contributed by atoms with van der Waals surface area (Å²) in [6.45, 7) is 7.19. The Morgan fingerprint density at radius 3 is 1.67 bits per heavy atom. The average Bonchev–Trinajstić information content (AvgIpc) is 3.22. The van der Waals surface area contributed by atoms with Crippen LogP contribution < -0.4 is 10.2 Å². The van der Waals surface area contributed by atoms with Crippen molar-refractivity contribution < 1.29 is 4.79 Å². The summed E-state index contributed by atoms with van der Waals surface area (Å²) >= 11 is 2.05. The minimum absolute atomic E-state index is 0.225. The van der Waals surface area contributed by atoms with E-state index in [1.165, 1.54) is 27.8 Å². The number of rotatable bonds is 18. The number of benzene rings is 5. The first-order chi connectivity index (χ1) is 25.7. The third-order valence-corrected chi connectivity index (χ3v) is 12.1. The summed E-state index contributed by atoms with van der Waals surface area (Å²) in [5.74, 6) is 1.29. The van der Waals surface area contributed by atoms with Crippen LogP contribution in [0.1, 0.15) is 66.8 Å². The molecule has 1 saturated heterocycles. The lowest BCUT2D eigenvalue weighted by Gasteiger charge is -2.38. The molecule has 5 aromatic carbocycles. The molecule has 4 nitrogen and oxygen atoms in total. The number of amides is 1. The maximum atomic E-state index is 12.8. The summed E-state index contributed by atoms with van der Waals surface area (Å²) in [6.07, 6.45) is 7.04. The Morgan fingerprint density at radius 2 is 1.15 bits per heavy atom. The molecule has 1 aliphatic rings. The highest BCUT2D eigenvalue weighted by Crippen LogP contribution is 2.48. The molecule has 1 aliphatic heterocycles. The van der Waals surface area contributed by atoms with Crippen molar-refractivity contribution in [1.29, 1.82) is 0 Å². The Balaban J connectivity index is 0.905. The summed E-state index contributed by atoms with van der Waals surface area (Å²) in [5.41, 5.74) is 7.84. The Morgan fingerprint density at radius 1 is 0.673 bits per heavy atom. The second-order valence-electron chi connectivity index (χ2n) is 13.9. The second kappa shape index (κ2) is 19.6. The van der Waals surface area contributed by atoms with Crippen LogP contribution in [-0.4, -0.2) is 55.3 Å². The minimum atomic E-state index is -0.243. The smallest absolute Gasteiger partial charge is 0.226 e. The Hall–Kier alpha value is -4.16. The fourth-order valence-corrected chi connectivity index (χ4v) is 9.11. The van der Waals surface area contributed by atoms with Crippen LogP contribution in [-0.2, 0) is 22.4 Å². The lowest BCUT2D eigenvalue weighted by molar-refractivity contribution is -0.119. The first-order valence-electron chi connectivity index (χ1n) is 19.4. The predicted molar refractivity (Wildman–Crippen MR) is 221 cm³/mol. The highest BCUT2D eigenvalue weighted by atomic mass is 32.2. The van der Waals surface area contributed by atoms with E-state index < -0.39 is 0 Å². The molecule has 1 amide bonds. The maximum absolute atomic E-state index is 12.8. The first kappa shape index (κ1) is 37.6. The molecule has 0 atom stereocenters. The van der Waals surface area contributed by atoms with Crippen LogP contribution in [0.15, 0.2) is 146 Å². The number of hydrogen-bond donors (Lipinski definition) is 1. The van der Waals surface area contributed by atoms with Crippen LogP contribution >= 0.6 is 11.8 Å². The Labute approximate surface area is 316 Å². The molecule has 5 aromatic rings. The van der Waals surface area contributed by atoms with Gasteiger partial charge in [-0.05, 0) is 97.3 Å². The first-order valence-corrected chi connectivity index (χ1v) is 20.3. The number of likely N-dealkylation sites (tertiary alicyclic amines) is 1. The number of nitrogens with zero attached hydrogens (tertiary/aromatic N) is 2. The molecule has 0 aromatic heterocycles. The second-order valence-corrected chi connectivity index (χ2v) is 15.2. The lowest BCUT2D eigenvalue weighted by atomic mass is 9.84. The summed E-state index contributed by atoms with van der Waals surface area (Å²) < 4.78 is -0.243. The van der Waals surface area contributed by atoms with Gasteiger partial charge in [0.25, 0.3) is 0 Å². The molecule has 6 rings (SSSR count). The van der Waals surface area contributed by atoms with Crippen LogP contribution in [0.5, 0.6) is 0 Å². The van der Waals surface area contributed by atoms with E-state index >= 15 is 0 Å². The predicted octanol–water partition coefficient (Wildman–Crippen LogP) is 9.77. The van der Waals surface area contributed by atoms with Crippen LogP contribution in [0.4, 0.5) is 5.69 Å². The molecular weight excluding hydrogens is 655 g/mol. The molecule has 52 heavy (non-hydrogen) atoms. The molecular formula is C47H55N3OS. The van der Waals surface area contributed by atoms with Crippen LogP contribution in [0.25, 0.3) is 0 Å². The largest absolute Gasteiger partial charge is 0.317 e. The van der Waals surface area contributed by atoms with Crippen molar-refractivity contribution in [3.8, 4) is 0 Å². The third kappa shape index (κ3) is 9.83. The molecule has 270 valence electrons. The van der Waals surface area contributed by atoms with E-state index in [0.29, 0.717) is 6.42 Å². The van der Waals surface area contributed by atoms with Crippen LogP contribution in [0, 0.1) is 0 Å². The van der Waals surface area contributed by atoms with E-state index in [4.69, 9.17) is 0 Å². The van der Waals surface area contributed by atoms with Crippen LogP contribution in [0.2, 0.25) is 0 Å². The van der Waals surface area contributed by atoms with Crippen molar-refractivity contribution in [2.24, 2.45) is 0 Å². The summed E-state index contributed by atoms with van der Waals surface area (Å²) in [5, 5.41) is 3.72. The van der Waals surface area contributed by atoms with Gasteiger partial charge in [0.1, 0.15) is 0 Å². The van der Waals surface area contributed by atoms with Gasteiger partial charge in [-0.1, -0.05) is 140 Å². The van der Waals surface area contributed by atoms with Gasteiger partial charge < -0.3 is 15.1 Å². The molecule has 1 N–H and O–H groups in total. The van der Waals surface area contributed by atoms with Gasteiger partial charge in [0.15, 0.2) is 0 Å². The number of aryl methyl sites for hydroxylation is 1. The molecule has 1 heterocycles. The molecule has 0 saturated carbocycles. The van der Waals surface area contributed by atoms with E-state index in [0.717, 1.165) is 82.7 Å². The molecule has 1 fully saturated rings. The van der Waals surface area contributed by atoms with Crippen molar-refractivity contribution in [3.63, 3.8) is 0 Å². The van der Waals surface area contributed by atoms with Crippen molar-refractivity contribution in [1.82, 2.24) is 10.2 Å². The van der Waals surface area contributed by atoms with Gasteiger partial charge in [0.05, 0.1) is 4.75 Å². The maximum Gasteiger partial charge on any atom is 0.226 e. The highest BCUT2D eigenvalue weighted by molar-refractivity contribution is 8.00. The van der Waals surface area contributed by atoms with E-state index in [9.17, 15) is 4.79 Å². The van der Waals surface area contributed by atoms with Gasteiger partial charge in [0.2, 0.25) is 5.91 Å². The molecule has 0 aliphatic carbocycles. The molecule has 5 heteroatoms. The monoisotopic (exact) mass is 709 g/mol. The quantitative estimate of drug-likeness (QED) is 0.0726. The average molecular weight is 710 g/mol. The summed E-state index contributed by atoms with van der Waals surface area (Å²) in [7, 11) is 0. The van der Waals surface area contributed by atoms with Gasteiger partial charge in [-0.25, -0.2) is 0 Å². The van der Waals surface area contributed by atoms with Crippen molar-refractivity contribution in [2.45, 2.75) is 62.7 Å². The Bertz CT molecular complexity index is 1640.